The summed E-state index contributed by atoms with van der Waals surface area (Å²) in [5.41, 5.74) is 1.15. The minimum absolute atomic E-state index is 0.0415. The van der Waals surface area contributed by atoms with Gasteiger partial charge in [0.25, 0.3) is 0 Å². The first kappa shape index (κ1) is 17.3. The van der Waals surface area contributed by atoms with E-state index < -0.39 is 0 Å². The van der Waals surface area contributed by atoms with Crippen LogP contribution in [-0.2, 0) is 0 Å². The Bertz CT molecular complexity index is 683. The van der Waals surface area contributed by atoms with Crippen molar-refractivity contribution in [2.75, 3.05) is 50.2 Å². The minimum Gasteiger partial charge on any atom is -0.495 e. The topological polar surface area (TPSA) is 79.7 Å². The van der Waals surface area contributed by atoms with Crippen LogP contribution in [0.15, 0.2) is 36.7 Å². The number of nitrogens with one attached hydrogen (secondary N) is 1. The summed E-state index contributed by atoms with van der Waals surface area (Å²) in [5.74, 6) is 2.54. The molecule has 1 saturated heterocycles. The van der Waals surface area contributed by atoms with Crippen LogP contribution in [0.1, 0.15) is 6.42 Å². The molecule has 3 rings (SSSR count). The van der Waals surface area contributed by atoms with Crippen molar-refractivity contribution in [2.24, 2.45) is 5.92 Å². The molecule has 0 aliphatic carbocycles. The highest BCUT2D eigenvalue weighted by atomic mass is 16.5. The predicted octanol–water partition coefficient (Wildman–Crippen LogP) is 1.79. The number of aromatic nitrogens is 2. The zero-order chi connectivity index (χ0) is 17.5. The van der Waals surface area contributed by atoms with Crippen molar-refractivity contribution in [3.63, 3.8) is 0 Å². The van der Waals surface area contributed by atoms with Crippen molar-refractivity contribution in [3.05, 3.63) is 36.7 Å². The number of nitrogens with zero attached hydrogens (tertiary/aromatic N) is 3. The molecule has 0 radical (unpaired) electrons. The van der Waals surface area contributed by atoms with Crippen LogP contribution in [0.3, 0.4) is 0 Å². The summed E-state index contributed by atoms with van der Waals surface area (Å²) < 4.78 is 10.7. The van der Waals surface area contributed by atoms with Crippen LogP contribution in [0.5, 0.6) is 11.6 Å². The van der Waals surface area contributed by atoms with E-state index in [1.807, 2.05) is 18.2 Å². The summed E-state index contributed by atoms with van der Waals surface area (Å²) >= 11 is 0. The van der Waals surface area contributed by atoms with E-state index in [0.29, 0.717) is 17.6 Å². The summed E-state index contributed by atoms with van der Waals surface area (Å²) in [7, 11) is 1.71. The first-order chi connectivity index (χ1) is 12.3. The molecule has 2 N–H and O–H groups in total. The van der Waals surface area contributed by atoms with E-state index in [0.717, 1.165) is 37.5 Å². The Morgan fingerprint density at radius 2 is 2.20 bits per heavy atom. The average molecular weight is 344 g/mol. The molecule has 1 atom stereocenters. The van der Waals surface area contributed by atoms with Crippen LogP contribution in [0.2, 0.25) is 0 Å². The Morgan fingerprint density at radius 1 is 1.32 bits per heavy atom. The number of hydrogen-bond donors (Lipinski definition) is 2. The van der Waals surface area contributed by atoms with Crippen LogP contribution >= 0.6 is 0 Å². The molecule has 1 aromatic carbocycles. The van der Waals surface area contributed by atoms with Crippen molar-refractivity contribution >= 4 is 11.5 Å². The highest BCUT2D eigenvalue weighted by Gasteiger charge is 2.24. The van der Waals surface area contributed by atoms with Gasteiger partial charge in [-0.3, -0.25) is 4.98 Å². The van der Waals surface area contributed by atoms with Crippen molar-refractivity contribution in [1.29, 1.82) is 0 Å². The smallest absolute Gasteiger partial charge is 0.234 e. The third kappa shape index (κ3) is 4.51. The molecule has 1 fully saturated rings. The number of rotatable bonds is 8. The molecular formula is C18H24N4O3. The number of methoxy groups -OCH3 is 1. The molecule has 0 spiro atoms. The highest BCUT2D eigenvalue weighted by molar-refractivity contribution is 5.59. The molecule has 1 unspecified atom stereocenters. The Hall–Kier alpha value is -2.54. The van der Waals surface area contributed by atoms with Gasteiger partial charge in [0.1, 0.15) is 18.2 Å². The van der Waals surface area contributed by atoms with E-state index >= 15 is 0 Å². The normalized spacial score (nSPS) is 16.7. The maximum Gasteiger partial charge on any atom is 0.234 e. The van der Waals surface area contributed by atoms with Crippen LogP contribution in [0, 0.1) is 5.92 Å². The van der Waals surface area contributed by atoms with Crippen LogP contribution in [-0.4, -0.2) is 55.0 Å². The third-order valence-corrected chi connectivity index (χ3v) is 4.24. The van der Waals surface area contributed by atoms with Gasteiger partial charge in [-0.2, -0.15) is 4.98 Å². The van der Waals surface area contributed by atoms with Gasteiger partial charge in [-0.05, 0) is 24.5 Å². The van der Waals surface area contributed by atoms with Gasteiger partial charge in [0.05, 0.1) is 31.8 Å². The number of aliphatic hydroxyl groups is 1. The van der Waals surface area contributed by atoms with Crippen LogP contribution in [0.25, 0.3) is 0 Å². The number of anilines is 2. The van der Waals surface area contributed by atoms with Gasteiger partial charge in [-0.15, -0.1) is 0 Å². The molecule has 1 aliphatic rings. The molecule has 25 heavy (non-hydrogen) atoms. The second-order valence-corrected chi connectivity index (χ2v) is 5.97. The molecule has 7 nitrogen and oxygen atoms in total. The van der Waals surface area contributed by atoms with Crippen molar-refractivity contribution < 1.29 is 14.6 Å². The van der Waals surface area contributed by atoms with E-state index in [4.69, 9.17) is 14.6 Å². The lowest BCUT2D eigenvalue weighted by atomic mass is 10.1. The largest absolute Gasteiger partial charge is 0.495 e. The fourth-order valence-corrected chi connectivity index (χ4v) is 3.01. The molecule has 2 heterocycles. The monoisotopic (exact) mass is 344 g/mol. The average Bonchev–Trinajstić information content (AvgIpc) is 3.14. The molecule has 1 aliphatic heterocycles. The zero-order valence-corrected chi connectivity index (χ0v) is 14.4. The SMILES string of the molecule is COc1ccccc1N1CCC(CNc2cncc(OCCO)n2)C1. The highest BCUT2D eigenvalue weighted by Crippen LogP contribution is 2.31. The van der Waals surface area contributed by atoms with Gasteiger partial charge in [0, 0.05) is 19.6 Å². The Kier molecular flexibility index (Phi) is 5.90. The van der Waals surface area contributed by atoms with Gasteiger partial charge in [0.15, 0.2) is 0 Å². The lowest BCUT2D eigenvalue weighted by Crippen LogP contribution is -2.23. The number of aliphatic hydroxyl groups excluding tert-OH is 1. The van der Waals surface area contributed by atoms with Crippen molar-refractivity contribution in [3.8, 4) is 11.6 Å². The quantitative estimate of drug-likeness (QED) is 0.756. The number of benzene rings is 1. The van der Waals surface area contributed by atoms with Crippen molar-refractivity contribution in [1.82, 2.24) is 9.97 Å². The van der Waals surface area contributed by atoms with Gasteiger partial charge in [-0.25, -0.2) is 0 Å². The summed E-state index contributed by atoms with van der Waals surface area (Å²) in [5, 5.41) is 12.1. The zero-order valence-electron chi connectivity index (χ0n) is 14.4. The molecule has 1 aromatic heterocycles. The van der Waals surface area contributed by atoms with Crippen LogP contribution < -0.4 is 19.7 Å². The fraction of sp³-hybridized carbons (Fsp3) is 0.444. The Labute approximate surface area is 147 Å². The molecular weight excluding hydrogens is 320 g/mol. The van der Waals surface area contributed by atoms with Gasteiger partial charge < -0.3 is 24.8 Å². The lowest BCUT2D eigenvalue weighted by Gasteiger charge is -2.21. The van der Waals surface area contributed by atoms with E-state index in [-0.39, 0.29) is 13.2 Å². The third-order valence-electron chi connectivity index (χ3n) is 4.24. The van der Waals surface area contributed by atoms with Gasteiger partial charge in [0.2, 0.25) is 5.88 Å². The molecule has 0 bridgehead atoms. The second kappa shape index (κ2) is 8.53. The minimum atomic E-state index is -0.0415. The Balaban J connectivity index is 1.53. The summed E-state index contributed by atoms with van der Waals surface area (Å²) in [6.07, 6.45) is 4.33. The van der Waals surface area contributed by atoms with Gasteiger partial charge in [-0.1, -0.05) is 12.1 Å². The molecule has 0 saturated carbocycles. The number of hydrogen-bond acceptors (Lipinski definition) is 7. The molecule has 134 valence electrons. The van der Waals surface area contributed by atoms with E-state index in [9.17, 15) is 0 Å². The summed E-state index contributed by atoms with van der Waals surface area (Å²) in [6, 6.07) is 8.12. The summed E-state index contributed by atoms with van der Waals surface area (Å²) in [4.78, 5) is 10.8. The lowest BCUT2D eigenvalue weighted by molar-refractivity contribution is 0.196. The van der Waals surface area contributed by atoms with Crippen LogP contribution in [0.4, 0.5) is 11.5 Å². The molecule has 2 aromatic rings. The second-order valence-electron chi connectivity index (χ2n) is 5.97. The first-order valence-corrected chi connectivity index (χ1v) is 8.47. The molecule has 7 heteroatoms. The maximum absolute atomic E-state index is 8.80. The Morgan fingerprint density at radius 3 is 3.04 bits per heavy atom. The predicted molar refractivity (Wildman–Crippen MR) is 96.4 cm³/mol. The fourth-order valence-electron chi connectivity index (χ4n) is 3.01. The summed E-state index contributed by atoms with van der Waals surface area (Å²) in [6.45, 7) is 2.98. The first-order valence-electron chi connectivity index (χ1n) is 8.47. The van der Waals surface area contributed by atoms with Gasteiger partial charge >= 0.3 is 0 Å². The van der Waals surface area contributed by atoms with E-state index in [1.54, 1.807) is 19.5 Å². The van der Waals surface area contributed by atoms with E-state index in [1.165, 1.54) is 0 Å². The molecule has 0 amide bonds. The standard InChI is InChI=1S/C18H24N4O3/c1-24-16-5-3-2-4-15(16)22-7-6-14(13-22)10-20-17-11-19-12-18(21-17)25-9-8-23/h2-5,11-12,14,23H,6-10,13H2,1H3,(H,20,21). The maximum atomic E-state index is 8.80. The van der Waals surface area contributed by atoms with Crippen molar-refractivity contribution in [2.45, 2.75) is 6.42 Å². The number of ether oxygens (including phenoxy) is 2. The number of para-hydroxylation sites is 2. The van der Waals surface area contributed by atoms with E-state index in [2.05, 4.69) is 26.3 Å².